The molecule has 1 N–H and O–H groups in total. The molecule has 1 heterocycles. The Morgan fingerprint density at radius 1 is 1.10 bits per heavy atom. The van der Waals surface area contributed by atoms with Crippen LogP contribution in [0.3, 0.4) is 0 Å². The zero-order valence-electron chi connectivity index (χ0n) is 11.8. The highest BCUT2D eigenvalue weighted by molar-refractivity contribution is 9.10. The summed E-state index contributed by atoms with van der Waals surface area (Å²) < 4.78 is 6.73. The monoisotopic (exact) mass is 343 g/mol. The SMILES string of the molecule is Brc1cccc(C2CC(Nc3ccc4c(c3)CCO4)C2)c1. The highest BCUT2D eigenvalue weighted by atomic mass is 79.9. The van der Waals surface area contributed by atoms with Crippen LogP contribution in [0, 0.1) is 0 Å². The van der Waals surface area contributed by atoms with Crippen molar-refractivity contribution in [2.45, 2.75) is 31.2 Å². The molecule has 0 bridgehead atoms. The van der Waals surface area contributed by atoms with Crippen LogP contribution in [-0.4, -0.2) is 12.6 Å². The molecule has 2 nitrogen and oxygen atoms in total. The van der Waals surface area contributed by atoms with Crippen LogP contribution in [0.1, 0.15) is 29.9 Å². The molecule has 1 fully saturated rings. The summed E-state index contributed by atoms with van der Waals surface area (Å²) in [7, 11) is 0. The second-order valence-corrected chi connectivity index (χ2v) is 6.90. The number of halogens is 1. The van der Waals surface area contributed by atoms with Crippen LogP contribution in [0.15, 0.2) is 46.9 Å². The number of nitrogens with one attached hydrogen (secondary N) is 1. The Morgan fingerprint density at radius 2 is 2.00 bits per heavy atom. The van der Waals surface area contributed by atoms with Crippen molar-refractivity contribution in [1.29, 1.82) is 0 Å². The van der Waals surface area contributed by atoms with E-state index in [4.69, 9.17) is 4.74 Å². The van der Waals surface area contributed by atoms with Gasteiger partial charge < -0.3 is 10.1 Å². The van der Waals surface area contributed by atoms with Crippen molar-refractivity contribution in [2.24, 2.45) is 0 Å². The Bertz CT molecular complexity index is 664. The van der Waals surface area contributed by atoms with Crippen molar-refractivity contribution in [3.05, 3.63) is 58.1 Å². The molecule has 0 saturated heterocycles. The summed E-state index contributed by atoms with van der Waals surface area (Å²) in [4.78, 5) is 0. The third-order valence-electron chi connectivity index (χ3n) is 4.52. The van der Waals surface area contributed by atoms with Crippen LogP contribution in [0.4, 0.5) is 5.69 Å². The highest BCUT2D eigenvalue weighted by Crippen LogP contribution is 2.39. The van der Waals surface area contributed by atoms with Gasteiger partial charge in [0.2, 0.25) is 0 Å². The molecule has 0 atom stereocenters. The fourth-order valence-corrected chi connectivity index (χ4v) is 3.70. The summed E-state index contributed by atoms with van der Waals surface area (Å²) in [5.74, 6) is 1.75. The number of anilines is 1. The van der Waals surface area contributed by atoms with Gasteiger partial charge in [-0.15, -0.1) is 0 Å². The Kier molecular flexibility index (Phi) is 3.38. The number of ether oxygens (including phenoxy) is 1. The quantitative estimate of drug-likeness (QED) is 0.868. The fourth-order valence-electron chi connectivity index (χ4n) is 3.28. The van der Waals surface area contributed by atoms with Crippen molar-refractivity contribution in [3.63, 3.8) is 0 Å². The maximum Gasteiger partial charge on any atom is 0.122 e. The van der Waals surface area contributed by atoms with Crippen molar-refractivity contribution >= 4 is 21.6 Å². The topological polar surface area (TPSA) is 21.3 Å². The number of hydrogen-bond donors (Lipinski definition) is 1. The predicted octanol–water partition coefficient (Wildman–Crippen LogP) is 4.74. The summed E-state index contributed by atoms with van der Waals surface area (Å²) in [5.41, 5.74) is 4.02. The van der Waals surface area contributed by atoms with Crippen LogP contribution in [0.25, 0.3) is 0 Å². The third kappa shape index (κ3) is 2.67. The van der Waals surface area contributed by atoms with Crippen molar-refractivity contribution in [2.75, 3.05) is 11.9 Å². The van der Waals surface area contributed by atoms with Crippen molar-refractivity contribution in [1.82, 2.24) is 0 Å². The van der Waals surface area contributed by atoms with Gasteiger partial charge in [0.05, 0.1) is 6.61 Å². The largest absolute Gasteiger partial charge is 0.493 e. The zero-order valence-corrected chi connectivity index (χ0v) is 13.4. The summed E-state index contributed by atoms with van der Waals surface area (Å²) in [5, 5.41) is 3.66. The highest BCUT2D eigenvalue weighted by Gasteiger charge is 2.30. The minimum atomic E-state index is 0.592. The lowest BCUT2D eigenvalue weighted by Crippen LogP contribution is -2.34. The van der Waals surface area contributed by atoms with Gasteiger partial charge in [-0.3, -0.25) is 0 Å². The van der Waals surface area contributed by atoms with Crippen LogP contribution in [-0.2, 0) is 6.42 Å². The molecule has 0 amide bonds. The molecule has 2 aliphatic rings. The van der Waals surface area contributed by atoms with E-state index in [2.05, 4.69) is 63.7 Å². The Morgan fingerprint density at radius 3 is 2.86 bits per heavy atom. The molecule has 108 valence electrons. The minimum Gasteiger partial charge on any atom is -0.493 e. The Balaban J connectivity index is 1.38. The first-order valence-electron chi connectivity index (χ1n) is 7.56. The second kappa shape index (κ2) is 5.38. The van der Waals surface area contributed by atoms with Crippen molar-refractivity contribution in [3.8, 4) is 5.75 Å². The van der Waals surface area contributed by atoms with E-state index >= 15 is 0 Å². The smallest absolute Gasteiger partial charge is 0.122 e. The van der Waals surface area contributed by atoms with E-state index in [-0.39, 0.29) is 0 Å². The molecule has 2 aromatic carbocycles. The number of hydrogen-bond acceptors (Lipinski definition) is 2. The summed E-state index contributed by atoms with van der Waals surface area (Å²) in [6.07, 6.45) is 3.46. The molecular formula is C18H18BrNO. The maximum atomic E-state index is 5.55. The van der Waals surface area contributed by atoms with E-state index in [9.17, 15) is 0 Å². The lowest BCUT2D eigenvalue weighted by Gasteiger charge is -2.37. The second-order valence-electron chi connectivity index (χ2n) is 5.99. The average Bonchev–Trinajstić information content (AvgIpc) is 2.89. The fraction of sp³-hybridized carbons (Fsp3) is 0.333. The normalized spacial score (nSPS) is 23.1. The Labute approximate surface area is 133 Å². The molecule has 0 unspecified atom stereocenters. The standard InChI is InChI=1S/C18H18BrNO/c19-15-3-1-2-12(8-15)14-10-17(11-14)20-16-4-5-18-13(9-16)6-7-21-18/h1-5,8-9,14,17,20H,6-7,10-11H2. The third-order valence-corrected chi connectivity index (χ3v) is 5.01. The van der Waals surface area contributed by atoms with Gasteiger partial charge in [-0.05, 0) is 60.2 Å². The van der Waals surface area contributed by atoms with E-state index in [1.807, 2.05) is 0 Å². The number of benzene rings is 2. The summed E-state index contributed by atoms with van der Waals surface area (Å²) >= 11 is 3.55. The Hall–Kier alpha value is -1.48. The number of rotatable bonds is 3. The van der Waals surface area contributed by atoms with Gasteiger partial charge in [0.1, 0.15) is 5.75 Å². The zero-order chi connectivity index (χ0) is 14.2. The first-order chi connectivity index (χ1) is 10.3. The van der Waals surface area contributed by atoms with Gasteiger partial charge in [0.25, 0.3) is 0 Å². The molecule has 0 radical (unpaired) electrons. The van der Waals surface area contributed by atoms with Crippen LogP contribution < -0.4 is 10.1 Å². The maximum absolute atomic E-state index is 5.55. The van der Waals surface area contributed by atoms with E-state index in [1.54, 1.807) is 0 Å². The van der Waals surface area contributed by atoms with E-state index in [0.717, 1.165) is 18.8 Å². The van der Waals surface area contributed by atoms with Gasteiger partial charge in [-0.25, -0.2) is 0 Å². The lowest BCUT2D eigenvalue weighted by molar-refractivity contribution is 0.356. The molecule has 1 saturated carbocycles. The molecule has 0 spiro atoms. The predicted molar refractivity (Wildman–Crippen MR) is 89.2 cm³/mol. The van der Waals surface area contributed by atoms with Crippen molar-refractivity contribution < 1.29 is 4.74 Å². The van der Waals surface area contributed by atoms with E-state index in [0.29, 0.717) is 12.0 Å². The first kappa shape index (κ1) is 13.2. The molecule has 21 heavy (non-hydrogen) atoms. The molecule has 1 aliphatic heterocycles. The summed E-state index contributed by atoms with van der Waals surface area (Å²) in [6, 6.07) is 15.8. The molecule has 0 aromatic heterocycles. The van der Waals surface area contributed by atoms with E-state index in [1.165, 1.54) is 34.1 Å². The average molecular weight is 344 g/mol. The molecule has 2 aromatic rings. The van der Waals surface area contributed by atoms with Crippen LogP contribution >= 0.6 is 15.9 Å². The van der Waals surface area contributed by atoms with Gasteiger partial charge >= 0.3 is 0 Å². The van der Waals surface area contributed by atoms with Gasteiger partial charge in [0, 0.05) is 22.6 Å². The van der Waals surface area contributed by atoms with Gasteiger partial charge in [-0.1, -0.05) is 28.1 Å². The lowest BCUT2D eigenvalue weighted by atomic mass is 9.76. The molecule has 3 heteroatoms. The van der Waals surface area contributed by atoms with Gasteiger partial charge in [0.15, 0.2) is 0 Å². The van der Waals surface area contributed by atoms with Crippen LogP contribution in [0.5, 0.6) is 5.75 Å². The molecular weight excluding hydrogens is 326 g/mol. The number of fused-ring (bicyclic) bond motifs is 1. The summed E-state index contributed by atoms with van der Waals surface area (Å²) in [6.45, 7) is 0.827. The van der Waals surface area contributed by atoms with Crippen LogP contribution in [0.2, 0.25) is 0 Å². The molecule has 1 aliphatic carbocycles. The first-order valence-corrected chi connectivity index (χ1v) is 8.35. The minimum absolute atomic E-state index is 0.592. The van der Waals surface area contributed by atoms with Gasteiger partial charge in [-0.2, -0.15) is 0 Å². The van der Waals surface area contributed by atoms with E-state index < -0.39 is 0 Å². The molecule has 4 rings (SSSR count).